The molecule has 1 fully saturated rings. The molecule has 2 aliphatic rings. The van der Waals surface area contributed by atoms with Crippen molar-refractivity contribution in [3.05, 3.63) is 65.0 Å². The Balaban J connectivity index is 1.43. The highest BCUT2D eigenvalue weighted by Gasteiger charge is 2.23. The summed E-state index contributed by atoms with van der Waals surface area (Å²) in [4.78, 5) is 7.45. The van der Waals surface area contributed by atoms with Crippen molar-refractivity contribution in [1.82, 2.24) is 4.90 Å². The van der Waals surface area contributed by atoms with Crippen LogP contribution >= 0.6 is 0 Å². The van der Waals surface area contributed by atoms with E-state index in [0.717, 1.165) is 37.1 Å². The Morgan fingerprint density at radius 1 is 1.11 bits per heavy atom. The first-order valence-corrected chi connectivity index (χ1v) is 9.05. The van der Waals surface area contributed by atoms with E-state index in [1.54, 1.807) is 18.2 Å². The quantitative estimate of drug-likeness (QED) is 0.853. The number of hydrogen-bond donors (Lipinski definition) is 2. The Bertz CT molecular complexity index is 902. The summed E-state index contributed by atoms with van der Waals surface area (Å²) in [5, 5.41) is 23.5. The van der Waals surface area contributed by atoms with Gasteiger partial charge in [0, 0.05) is 23.7 Å². The van der Waals surface area contributed by atoms with Gasteiger partial charge in [0.25, 0.3) is 0 Å². The number of rotatable bonds is 3. The first-order chi connectivity index (χ1) is 13.1. The average molecular weight is 368 g/mol. The predicted molar refractivity (Wildman–Crippen MR) is 101 cm³/mol. The number of piperidine rings is 1. The van der Waals surface area contributed by atoms with Gasteiger partial charge in [0.1, 0.15) is 5.82 Å². The molecule has 2 aromatic carbocycles. The van der Waals surface area contributed by atoms with Gasteiger partial charge in [-0.2, -0.15) is 0 Å². The van der Waals surface area contributed by atoms with Gasteiger partial charge >= 0.3 is 0 Å². The highest BCUT2D eigenvalue weighted by molar-refractivity contribution is 5.91. The number of fused-ring (bicyclic) bond motifs is 1. The normalized spacial score (nSPS) is 17.7. The van der Waals surface area contributed by atoms with Crippen molar-refractivity contribution in [3.63, 3.8) is 0 Å². The second kappa shape index (κ2) is 7.40. The summed E-state index contributed by atoms with van der Waals surface area (Å²) in [6.45, 7) is 2.34. The van der Waals surface area contributed by atoms with Crippen LogP contribution in [0.15, 0.2) is 47.6 Å². The van der Waals surface area contributed by atoms with E-state index in [4.69, 9.17) is 4.84 Å². The van der Waals surface area contributed by atoms with Gasteiger partial charge in [-0.3, -0.25) is 4.90 Å². The zero-order valence-electron chi connectivity index (χ0n) is 14.8. The van der Waals surface area contributed by atoms with Gasteiger partial charge in [0.15, 0.2) is 5.75 Å². The van der Waals surface area contributed by atoms with Gasteiger partial charge in [0.2, 0.25) is 11.6 Å². The molecule has 0 aliphatic carbocycles. The molecule has 0 amide bonds. The molecule has 2 N–H and O–H groups in total. The van der Waals surface area contributed by atoms with Crippen LogP contribution in [0.4, 0.5) is 4.39 Å². The summed E-state index contributed by atoms with van der Waals surface area (Å²) in [5.41, 5.74) is 2.47. The Kier molecular flexibility index (Phi) is 4.81. The van der Waals surface area contributed by atoms with E-state index >= 15 is 0 Å². The average Bonchev–Trinajstić information content (AvgIpc) is 2.87. The molecule has 5 nitrogen and oxygen atoms in total. The number of likely N-dealkylation sites (tertiary alicyclic amines) is 1. The molecular weight excluding hydrogens is 347 g/mol. The van der Waals surface area contributed by atoms with Gasteiger partial charge in [0.05, 0.1) is 0 Å². The zero-order chi connectivity index (χ0) is 18.8. The highest BCUT2D eigenvalue weighted by atomic mass is 19.1. The number of aliphatic hydroxyl groups excluding tert-OH is 1. The van der Waals surface area contributed by atoms with E-state index in [0.29, 0.717) is 18.0 Å². The van der Waals surface area contributed by atoms with Crippen LogP contribution in [0, 0.1) is 5.82 Å². The first-order valence-electron chi connectivity index (χ1n) is 9.05. The third kappa shape index (κ3) is 3.80. The molecule has 6 heteroatoms. The smallest absolute Gasteiger partial charge is 0.248 e. The van der Waals surface area contributed by atoms with Gasteiger partial charge < -0.3 is 15.1 Å². The van der Waals surface area contributed by atoms with Gasteiger partial charge in [-0.25, -0.2) is 4.39 Å². The van der Waals surface area contributed by atoms with Crippen LogP contribution < -0.4 is 4.84 Å². The highest BCUT2D eigenvalue weighted by Crippen LogP contribution is 2.37. The fourth-order valence-electron chi connectivity index (χ4n) is 3.70. The van der Waals surface area contributed by atoms with Crippen LogP contribution in [-0.4, -0.2) is 34.1 Å². The predicted octanol–water partition coefficient (Wildman–Crippen LogP) is 4.19. The maximum Gasteiger partial charge on any atom is 0.248 e. The van der Waals surface area contributed by atoms with E-state index in [-0.39, 0.29) is 23.2 Å². The molecule has 0 unspecified atom stereocenters. The van der Waals surface area contributed by atoms with Crippen molar-refractivity contribution in [2.75, 3.05) is 13.1 Å². The Morgan fingerprint density at radius 2 is 1.93 bits per heavy atom. The largest absolute Gasteiger partial charge is 0.504 e. The van der Waals surface area contributed by atoms with Crippen LogP contribution in [0.25, 0.3) is 6.08 Å². The SMILES string of the molecule is OC1=NOc2c(ccc(CN3CCC(c4cccc(F)c4)CC3)c2O)C=C1. The second-order valence-electron chi connectivity index (χ2n) is 6.97. The third-order valence-electron chi connectivity index (χ3n) is 5.19. The fraction of sp³-hybridized carbons (Fsp3) is 0.286. The molecule has 0 saturated carbocycles. The lowest BCUT2D eigenvalue weighted by molar-refractivity contribution is 0.201. The monoisotopic (exact) mass is 368 g/mol. The van der Waals surface area contributed by atoms with Crippen molar-refractivity contribution in [3.8, 4) is 11.5 Å². The zero-order valence-corrected chi connectivity index (χ0v) is 14.8. The van der Waals surface area contributed by atoms with Crippen molar-refractivity contribution in [1.29, 1.82) is 0 Å². The number of oxime groups is 1. The molecule has 0 bridgehead atoms. The Hall–Kier alpha value is -2.86. The molecule has 27 heavy (non-hydrogen) atoms. The maximum atomic E-state index is 13.4. The summed E-state index contributed by atoms with van der Waals surface area (Å²) in [6.07, 6.45) is 4.97. The molecular formula is C21H21FN2O3. The summed E-state index contributed by atoms with van der Waals surface area (Å²) >= 11 is 0. The van der Waals surface area contributed by atoms with E-state index in [1.165, 1.54) is 12.1 Å². The molecule has 0 radical (unpaired) electrons. The van der Waals surface area contributed by atoms with Crippen LogP contribution in [0.2, 0.25) is 0 Å². The number of nitrogens with zero attached hydrogens (tertiary/aromatic N) is 2. The fourth-order valence-corrected chi connectivity index (χ4v) is 3.70. The van der Waals surface area contributed by atoms with Crippen LogP contribution in [0.1, 0.15) is 35.4 Å². The number of benzene rings is 2. The van der Waals surface area contributed by atoms with Gasteiger partial charge in [-0.05, 0) is 60.8 Å². The first kappa shape index (κ1) is 17.5. The number of aromatic hydroxyl groups is 1. The Morgan fingerprint density at radius 3 is 2.70 bits per heavy atom. The number of aliphatic hydroxyl groups is 1. The van der Waals surface area contributed by atoms with Crippen molar-refractivity contribution >= 4 is 12.0 Å². The molecule has 2 aromatic rings. The van der Waals surface area contributed by atoms with Crippen molar-refractivity contribution < 1.29 is 19.4 Å². The van der Waals surface area contributed by atoms with Crippen molar-refractivity contribution in [2.24, 2.45) is 5.16 Å². The minimum Gasteiger partial charge on any atom is -0.504 e. The lowest BCUT2D eigenvalue weighted by atomic mass is 9.89. The summed E-state index contributed by atoms with van der Waals surface area (Å²) in [7, 11) is 0. The van der Waals surface area contributed by atoms with Gasteiger partial charge in [-0.15, -0.1) is 0 Å². The molecule has 0 aromatic heterocycles. The lowest BCUT2D eigenvalue weighted by Gasteiger charge is -2.32. The summed E-state index contributed by atoms with van der Waals surface area (Å²) in [5.74, 6) is 0.229. The molecule has 0 spiro atoms. The molecule has 140 valence electrons. The number of hydrogen-bond acceptors (Lipinski definition) is 4. The van der Waals surface area contributed by atoms with Crippen molar-refractivity contribution in [2.45, 2.75) is 25.3 Å². The minimum atomic E-state index is -0.244. The Labute approximate surface area is 157 Å². The third-order valence-corrected chi connectivity index (χ3v) is 5.19. The molecule has 2 heterocycles. The second-order valence-corrected chi connectivity index (χ2v) is 6.97. The standard InChI is InChI=1S/C21H21FN2O3/c22-18-3-1-2-16(12-18)14-8-10-24(11-9-14)13-17-5-4-15-6-7-19(25)23-27-21(15)20(17)26/h1-7,12,14,26H,8-11,13H2,(H,23,25). The van der Waals surface area contributed by atoms with E-state index in [2.05, 4.69) is 10.1 Å². The van der Waals surface area contributed by atoms with Gasteiger partial charge in [-0.1, -0.05) is 24.3 Å². The summed E-state index contributed by atoms with van der Waals surface area (Å²) < 4.78 is 13.4. The topological polar surface area (TPSA) is 65.3 Å². The van der Waals surface area contributed by atoms with E-state index in [9.17, 15) is 14.6 Å². The number of phenols is 1. The molecule has 2 aliphatic heterocycles. The lowest BCUT2D eigenvalue weighted by Crippen LogP contribution is -2.32. The maximum absolute atomic E-state index is 13.4. The molecule has 4 rings (SSSR count). The van der Waals surface area contributed by atoms with Crippen LogP contribution in [-0.2, 0) is 6.54 Å². The van der Waals surface area contributed by atoms with Crippen LogP contribution in [0.3, 0.4) is 0 Å². The molecule has 0 atom stereocenters. The molecule has 1 saturated heterocycles. The number of phenolic OH excluding ortho intramolecular Hbond substituents is 1. The minimum absolute atomic E-state index is 0.0443. The number of halogens is 1. The summed E-state index contributed by atoms with van der Waals surface area (Å²) in [6, 6.07) is 10.6. The van der Waals surface area contributed by atoms with E-state index < -0.39 is 0 Å². The van der Waals surface area contributed by atoms with Crippen LogP contribution in [0.5, 0.6) is 11.5 Å². The van der Waals surface area contributed by atoms with E-state index in [1.807, 2.05) is 18.2 Å².